The van der Waals surface area contributed by atoms with Crippen molar-refractivity contribution in [3.8, 4) is 0 Å². The first kappa shape index (κ1) is 22.8. The summed E-state index contributed by atoms with van der Waals surface area (Å²) < 4.78 is 0. The summed E-state index contributed by atoms with van der Waals surface area (Å²) in [4.78, 5) is 34.0. The van der Waals surface area contributed by atoms with Gasteiger partial charge in [0, 0.05) is 26.2 Å². The summed E-state index contributed by atoms with van der Waals surface area (Å²) in [6.07, 6.45) is 8.25. The highest BCUT2D eigenvalue weighted by Gasteiger charge is 2.58. The molecule has 0 aromatic carbocycles. The monoisotopic (exact) mass is 417 g/mol. The van der Waals surface area contributed by atoms with E-state index >= 15 is 0 Å². The van der Waals surface area contributed by atoms with Gasteiger partial charge in [-0.2, -0.15) is 0 Å². The van der Waals surface area contributed by atoms with Gasteiger partial charge in [0.05, 0.1) is 11.8 Å². The Morgan fingerprint density at radius 1 is 1.03 bits per heavy atom. The van der Waals surface area contributed by atoms with Gasteiger partial charge in [-0.3, -0.25) is 19.5 Å². The Bertz CT molecular complexity index is 628. The molecule has 7 heteroatoms. The lowest BCUT2D eigenvalue weighted by molar-refractivity contribution is -0.140. The number of guanidine groups is 1. The minimum absolute atomic E-state index is 0.0454. The Morgan fingerprint density at radius 2 is 1.70 bits per heavy atom. The molecule has 1 saturated heterocycles. The predicted octanol–water partition coefficient (Wildman–Crippen LogP) is 1.86. The second-order valence-corrected chi connectivity index (χ2v) is 8.60. The van der Waals surface area contributed by atoms with Gasteiger partial charge in [-0.15, -0.1) is 0 Å². The minimum atomic E-state index is -0.0914. The van der Waals surface area contributed by atoms with Crippen molar-refractivity contribution in [3.63, 3.8) is 0 Å². The maximum absolute atomic E-state index is 12.7. The average Bonchev–Trinajstić information content (AvgIpc) is 3.43. The molecule has 30 heavy (non-hydrogen) atoms. The molecule has 1 aliphatic heterocycles. The number of carbonyl (C=O) groups excluding carboxylic acids is 2. The third-order valence-corrected chi connectivity index (χ3v) is 6.80. The number of imide groups is 1. The summed E-state index contributed by atoms with van der Waals surface area (Å²) in [5, 5.41) is 6.67. The van der Waals surface area contributed by atoms with Crippen LogP contribution in [0.1, 0.15) is 46.5 Å². The molecule has 1 saturated carbocycles. The second kappa shape index (κ2) is 10.9. The van der Waals surface area contributed by atoms with Gasteiger partial charge in [-0.25, -0.2) is 0 Å². The third-order valence-electron chi connectivity index (χ3n) is 6.80. The Labute approximate surface area is 181 Å². The van der Waals surface area contributed by atoms with Crippen molar-refractivity contribution in [3.05, 3.63) is 12.2 Å². The van der Waals surface area contributed by atoms with Crippen LogP contribution in [0.2, 0.25) is 0 Å². The second-order valence-electron chi connectivity index (χ2n) is 8.60. The van der Waals surface area contributed by atoms with Crippen molar-refractivity contribution in [1.29, 1.82) is 0 Å². The highest BCUT2D eigenvalue weighted by Crippen LogP contribution is 2.52. The van der Waals surface area contributed by atoms with Gasteiger partial charge in [0.1, 0.15) is 0 Å². The van der Waals surface area contributed by atoms with Gasteiger partial charge in [0.2, 0.25) is 11.8 Å². The predicted molar refractivity (Wildman–Crippen MR) is 120 cm³/mol. The highest BCUT2D eigenvalue weighted by molar-refractivity contribution is 6.06. The van der Waals surface area contributed by atoms with Crippen molar-refractivity contribution in [2.24, 2.45) is 28.7 Å². The molecule has 168 valence electrons. The van der Waals surface area contributed by atoms with Crippen molar-refractivity contribution >= 4 is 17.8 Å². The molecule has 0 aromatic heterocycles. The van der Waals surface area contributed by atoms with Crippen molar-refractivity contribution in [2.75, 3.05) is 45.8 Å². The highest BCUT2D eigenvalue weighted by atomic mass is 16.2. The van der Waals surface area contributed by atoms with E-state index in [-0.39, 0.29) is 35.5 Å². The minimum Gasteiger partial charge on any atom is -0.357 e. The smallest absolute Gasteiger partial charge is 0.233 e. The topological polar surface area (TPSA) is 77.0 Å². The summed E-state index contributed by atoms with van der Waals surface area (Å²) >= 11 is 0. The van der Waals surface area contributed by atoms with Gasteiger partial charge in [-0.05, 0) is 64.1 Å². The fourth-order valence-electron chi connectivity index (χ4n) is 5.15. The molecule has 0 aromatic rings. The van der Waals surface area contributed by atoms with E-state index in [0.29, 0.717) is 19.5 Å². The summed E-state index contributed by atoms with van der Waals surface area (Å²) in [6.45, 7) is 12.6. The van der Waals surface area contributed by atoms with Crippen molar-refractivity contribution < 1.29 is 9.59 Å². The number of hydrogen-bond acceptors (Lipinski definition) is 4. The Balaban J connectivity index is 1.37. The number of nitrogens with zero attached hydrogens (tertiary/aromatic N) is 3. The van der Waals surface area contributed by atoms with Crippen LogP contribution in [-0.2, 0) is 9.59 Å². The maximum atomic E-state index is 12.7. The first-order valence-corrected chi connectivity index (χ1v) is 11.9. The number of aliphatic imine (C=N–C) groups is 1. The SMILES string of the molecule is CCNC(=NCCCN1C(=O)C2C3C=CC(C3)C2C1=O)NCCCCN(CC)CC. The molecule has 0 radical (unpaired) electrons. The molecule has 2 amide bonds. The lowest BCUT2D eigenvalue weighted by atomic mass is 9.85. The summed E-state index contributed by atoms with van der Waals surface area (Å²) in [6, 6.07) is 0. The van der Waals surface area contributed by atoms with Crippen LogP contribution >= 0.6 is 0 Å². The Kier molecular flexibility index (Phi) is 8.31. The first-order valence-electron chi connectivity index (χ1n) is 11.9. The van der Waals surface area contributed by atoms with Crippen LogP contribution in [0.25, 0.3) is 0 Å². The molecule has 0 spiro atoms. The van der Waals surface area contributed by atoms with E-state index in [1.54, 1.807) is 0 Å². The summed E-state index contributed by atoms with van der Waals surface area (Å²) in [5.41, 5.74) is 0. The van der Waals surface area contributed by atoms with Crippen LogP contribution in [0.3, 0.4) is 0 Å². The van der Waals surface area contributed by atoms with Crippen molar-refractivity contribution in [2.45, 2.75) is 46.5 Å². The normalized spacial score (nSPS) is 27.5. The standard InChI is InChI=1S/C23H39N5O2/c1-4-24-23(25-12-7-8-14-27(5-2)6-3)26-13-9-15-28-21(29)19-17-10-11-18(16-17)20(19)22(28)30/h10-11,17-20H,4-9,12-16H2,1-3H3,(H2,24,25,26). The molecule has 2 fully saturated rings. The molecule has 3 rings (SSSR count). The zero-order chi connectivity index (χ0) is 21.5. The Hall–Kier alpha value is -1.89. The lowest BCUT2D eigenvalue weighted by Crippen LogP contribution is -2.38. The van der Waals surface area contributed by atoms with E-state index in [4.69, 9.17) is 0 Å². The number of carbonyl (C=O) groups is 2. The molecule has 2 N–H and O–H groups in total. The lowest BCUT2D eigenvalue weighted by Gasteiger charge is -2.18. The molecule has 2 aliphatic carbocycles. The largest absolute Gasteiger partial charge is 0.357 e. The molecule has 2 bridgehead atoms. The van der Waals surface area contributed by atoms with Gasteiger partial charge >= 0.3 is 0 Å². The van der Waals surface area contributed by atoms with Crippen LogP contribution < -0.4 is 10.6 Å². The maximum Gasteiger partial charge on any atom is 0.233 e. The van der Waals surface area contributed by atoms with Crippen LogP contribution in [0, 0.1) is 23.7 Å². The van der Waals surface area contributed by atoms with Gasteiger partial charge in [0.15, 0.2) is 5.96 Å². The molecule has 1 heterocycles. The molecule has 7 nitrogen and oxygen atoms in total. The van der Waals surface area contributed by atoms with Crippen molar-refractivity contribution in [1.82, 2.24) is 20.4 Å². The molecular weight excluding hydrogens is 378 g/mol. The summed E-state index contributed by atoms with van der Waals surface area (Å²) in [7, 11) is 0. The van der Waals surface area contributed by atoms with Gasteiger partial charge < -0.3 is 15.5 Å². The number of likely N-dealkylation sites (tertiary alicyclic amines) is 1. The number of amides is 2. The third kappa shape index (κ3) is 5.05. The van der Waals surface area contributed by atoms with E-state index in [1.165, 1.54) is 11.3 Å². The number of rotatable bonds is 12. The van der Waals surface area contributed by atoms with E-state index in [0.717, 1.165) is 51.5 Å². The quantitative estimate of drug-likeness (QED) is 0.167. The van der Waals surface area contributed by atoms with Crippen LogP contribution in [-0.4, -0.2) is 73.4 Å². The van der Waals surface area contributed by atoms with Crippen LogP contribution in [0.5, 0.6) is 0 Å². The Morgan fingerprint density at radius 3 is 2.30 bits per heavy atom. The molecule has 4 atom stereocenters. The number of fused-ring (bicyclic) bond motifs is 5. The molecular formula is C23H39N5O2. The molecule has 3 aliphatic rings. The van der Waals surface area contributed by atoms with E-state index in [1.807, 2.05) is 0 Å². The summed E-state index contributed by atoms with van der Waals surface area (Å²) in [5.74, 6) is 1.29. The fourth-order valence-corrected chi connectivity index (χ4v) is 5.15. The number of unbranched alkanes of at least 4 members (excludes halogenated alkanes) is 1. The average molecular weight is 418 g/mol. The van der Waals surface area contributed by atoms with Crippen LogP contribution in [0.4, 0.5) is 0 Å². The van der Waals surface area contributed by atoms with Crippen LogP contribution in [0.15, 0.2) is 17.1 Å². The van der Waals surface area contributed by atoms with E-state index in [9.17, 15) is 9.59 Å². The number of nitrogens with one attached hydrogen (secondary N) is 2. The zero-order valence-corrected chi connectivity index (χ0v) is 18.9. The number of allylic oxidation sites excluding steroid dienone is 2. The number of hydrogen-bond donors (Lipinski definition) is 2. The zero-order valence-electron chi connectivity index (χ0n) is 18.9. The van der Waals surface area contributed by atoms with E-state index < -0.39 is 0 Å². The molecule has 4 unspecified atom stereocenters. The fraction of sp³-hybridized carbons (Fsp3) is 0.783. The van der Waals surface area contributed by atoms with Gasteiger partial charge in [0.25, 0.3) is 0 Å². The van der Waals surface area contributed by atoms with E-state index in [2.05, 4.69) is 53.4 Å². The first-order chi connectivity index (χ1) is 14.6. The van der Waals surface area contributed by atoms with Gasteiger partial charge in [-0.1, -0.05) is 26.0 Å².